The molecule has 0 N–H and O–H groups in total. The lowest BCUT2D eigenvalue weighted by Gasteiger charge is -2.61. The van der Waals surface area contributed by atoms with Crippen LogP contribution in [0.1, 0.15) is 243 Å². The molecule has 2 aromatic heterocycles. The molecule has 15 rings (SSSR count). The third-order valence-electron chi connectivity index (χ3n) is 24.6. The van der Waals surface area contributed by atoms with E-state index < -0.39 is 0 Å². The van der Waals surface area contributed by atoms with Crippen LogP contribution in [0.25, 0.3) is 60.3 Å². The van der Waals surface area contributed by atoms with Crippen molar-refractivity contribution in [1.82, 2.24) is 4.40 Å². The van der Waals surface area contributed by atoms with Gasteiger partial charge in [-0.1, -0.05) is 168 Å². The number of hydrogen-bond acceptors (Lipinski definition) is 2. The smallest absolute Gasteiger partial charge is 0.169 e. The number of benzene rings is 5. The van der Waals surface area contributed by atoms with Crippen LogP contribution in [0.2, 0.25) is 0 Å². The number of ketones is 2. The second-order valence-electron chi connectivity index (χ2n) is 30.7. The van der Waals surface area contributed by atoms with E-state index >= 15 is 9.59 Å². The number of carbonyl (C=O) groups is 2. The molecule has 2 heterocycles. The van der Waals surface area contributed by atoms with E-state index in [0.29, 0.717) is 23.4 Å². The first-order valence-corrected chi connectivity index (χ1v) is 29.7. The van der Waals surface area contributed by atoms with Gasteiger partial charge in [0.1, 0.15) is 0 Å². The molecular weight excluding hydrogens is 911 g/mol. The van der Waals surface area contributed by atoms with E-state index in [1.807, 2.05) is 0 Å². The molecular formula is C72H87NO2. The van der Waals surface area contributed by atoms with E-state index in [2.05, 4.69) is 197 Å². The SMILES string of the molecule is CC(C)C12CCC(C(C)C)(CC1)c1cc3c4c5c6c(c7c8cc9c(cc8n(c3cc1C2=O)c47)C(=O)C1(C(C)C)CCC9(C(C)C)CC1)-c1ccc(C(C)(C)C)cc1C(C)(C)C6(C)C(C)(C)c1cc(C(C)(C)C)ccc1-5. The molecule has 0 saturated heterocycles. The zero-order chi connectivity index (χ0) is 53.8. The summed E-state index contributed by atoms with van der Waals surface area (Å²) in [5.74, 6) is 1.97. The molecule has 0 amide bonds. The number of hydrogen-bond donors (Lipinski definition) is 0. The van der Waals surface area contributed by atoms with E-state index in [1.54, 1.807) is 0 Å². The second kappa shape index (κ2) is 14.7. The van der Waals surface area contributed by atoms with Gasteiger partial charge in [-0.05, 0) is 182 Å². The molecule has 392 valence electrons. The van der Waals surface area contributed by atoms with Crippen molar-refractivity contribution in [2.24, 2.45) is 34.5 Å². The van der Waals surface area contributed by atoms with Crippen LogP contribution >= 0.6 is 0 Å². The number of rotatable bonds is 4. The molecule has 8 aliphatic rings. The van der Waals surface area contributed by atoms with Crippen molar-refractivity contribution >= 4 is 49.7 Å². The van der Waals surface area contributed by atoms with Gasteiger partial charge in [-0.15, -0.1) is 0 Å². The van der Waals surface area contributed by atoms with Crippen molar-refractivity contribution in [3.05, 3.63) is 111 Å². The van der Waals surface area contributed by atoms with Gasteiger partial charge in [-0.2, -0.15) is 0 Å². The Balaban J connectivity index is 1.32. The summed E-state index contributed by atoms with van der Waals surface area (Å²) in [6.07, 6.45) is 7.93. The molecule has 5 aromatic carbocycles. The quantitative estimate of drug-likeness (QED) is 0.176. The van der Waals surface area contributed by atoms with Crippen LogP contribution in [0.3, 0.4) is 0 Å². The predicted octanol–water partition coefficient (Wildman–Crippen LogP) is 19.2. The summed E-state index contributed by atoms with van der Waals surface area (Å²) in [6, 6.07) is 25.1. The summed E-state index contributed by atoms with van der Waals surface area (Å²) in [5, 5.41) is 5.20. The maximum Gasteiger partial charge on any atom is 0.169 e. The Hall–Kier alpha value is -4.76. The second-order valence-corrected chi connectivity index (χ2v) is 30.7. The van der Waals surface area contributed by atoms with E-state index in [4.69, 9.17) is 0 Å². The minimum atomic E-state index is -0.383. The van der Waals surface area contributed by atoms with Gasteiger partial charge >= 0.3 is 0 Å². The standard InChI is InChI=1S/C72H87NO2/c1-38(2)69-24-28-71(29-25-69,40(5)6)62(74)46-36-54-48(34-52(46)69)58-56-44-22-20-42(64(9,10)11)32-50(44)66(15,16)68(19)60(56)57(45-23-21-43(65(12,13)14)33-51(45)67(68,17)18)59-49-35-53-47(37-55(49)73(54)61(58)59)63(75)72(41(7)8)30-26-70(53,27-31-72)39(3)4/h20-23,32-41H,24-31H2,1-19H3. The van der Waals surface area contributed by atoms with E-state index in [-0.39, 0.29) is 60.6 Å². The summed E-state index contributed by atoms with van der Waals surface area (Å²) < 4.78 is 2.62. The molecule has 2 saturated carbocycles. The van der Waals surface area contributed by atoms with Crippen LogP contribution in [-0.2, 0) is 37.9 Å². The monoisotopic (exact) mass is 998 g/mol. The first kappa shape index (κ1) is 49.8. The van der Waals surface area contributed by atoms with Gasteiger partial charge in [-0.3, -0.25) is 9.59 Å². The molecule has 0 radical (unpaired) electrons. The van der Waals surface area contributed by atoms with Crippen molar-refractivity contribution in [3.63, 3.8) is 0 Å². The lowest BCUT2D eigenvalue weighted by Crippen LogP contribution is -2.58. The summed E-state index contributed by atoms with van der Waals surface area (Å²) in [4.78, 5) is 31.8. The maximum absolute atomic E-state index is 15.9. The summed E-state index contributed by atoms with van der Waals surface area (Å²) >= 11 is 0. The normalized spacial score (nSPS) is 28.5. The lowest BCUT2D eigenvalue weighted by molar-refractivity contribution is 0.0470. The largest absolute Gasteiger partial charge is 0.308 e. The fraction of sp³-hybridized carbons (Fsp3) is 0.556. The molecule has 8 aliphatic carbocycles. The van der Waals surface area contributed by atoms with Gasteiger partial charge in [0.15, 0.2) is 11.6 Å². The lowest BCUT2D eigenvalue weighted by atomic mass is 9.41. The average Bonchev–Trinajstić information content (AvgIpc) is 3.71. The van der Waals surface area contributed by atoms with Crippen molar-refractivity contribution in [2.45, 2.75) is 221 Å². The summed E-state index contributed by atoms with van der Waals surface area (Å²) in [7, 11) is 0. The van der Waals surface area contributed by atoms with E-state index in [0.717, 1.165) is 73.5 Å². The highest BCUT2D eigenvalue weighted by molar-refractivity contribution is 6.33. The van der Waals surface area contributed by atoms with Crippen molar-refractivity contribution in [2.75, 3.05) is 0 Å². The Kier molecular flexibility index (Phi) is 9.74. The minimum absolute atomic E-state index is 0.0361. The maximum atomic E-state index is 15.9. The highest BCUT2D eigenvalue weighted by Gasteiger charge is 2.63. The zero-order valence-electron chi connectivity index (χ0n) is 49.5. The molecule has 0 spiro atoms. The fourth-order valence-corrected chi connectivity index (χ4v) is 18.7. The third-order valence-corrected chi connectivity index (χ3v) is 24.6. The minimum Gasteiger partial charge on any atom is -0.308 e. The Labute approximate surface area is 449 Å². The number of fused-ring (bicyclic) bond motifs is 16. The Morgan fingerprint density at radius 2 is 0.760 bits per heavy atom. The number of carbonyl (C=O) groups excluding carboxylic acids is 2. The molecule has 0 atom stereocenters. The van der Waals surface area contributed by atoms with Crippen LogP contribution in [0.5, 0.6) is 0 Å². The van der Waals surface area contributed by atoms with Crippen LogP contribution in [0, 0.1) is 34.5 Å². The van der Waals surface area contributed by atoms with Gasteiger partial charge in [0, 0.05) is 59.7 Å². The zero-order valence-corrected chi connectivity index (χ0v) is 49.5. The van der Waals surface area contributed by atoms with Crippen molar-refractivity contribution < 1.29 is 9.59 Å². The molecule has 7 aromatic rings. The summed E-state index contributed by atoms with van der Waals surface area (Å²) in [5.41, 5.74) is 18.5. The Bertz CT molecular complexity index is 3460. The predicted molar refractivity (Wildman–Crippen MR) is 316 cm³/mol. The van der Waals surface area contributed by atoms with Crippen LogP contribution < -0.4 is 0 Å². The van der Waals surface area contributed by atoms with Gasteiger partial charge < -0.3 is 4.40 Å². The number of Topliss-reactive ketones (excluding diaryl/α,β-unsaturated/α-hetero) is 2. The Morgan fingerprint density at radius 3 is 1.08 bits per heavy atom. The molecule has 3 nitrogen and oxygen atoms in total. The van der Waals surface area contributed by atoms with Crippen LogP contribution in [-0.4, -0.2) is 16.0 Å². The van der Waals surface area contributed by atoms with Crippen LogP contribution in [0.4, 0.5) is 0 Å². The fourth-order valence-electron chi connectivity index (χ4n) is 18.7. The first-order valence-electron chi connectivity index (χ1n) is 29.7. The number of aromatic nitrogens is 1. The molecule has 2 fully saturated rings. The topological polar surface area (TPSA) is 38.5 Å². The molecule has 0 aliphatic heterocycles. The molecule has 3 heteroatoms. The van der Waals surface area contributed by atoms with Crippen molar-refractivity contribution in [3.8, 4) is 22.3 Å². The van der Waals surface area contributed by atoms with E-state index in [9.17, 15) is 0 Å². The van der Waals surface area contributed by atoms with Crippen molar-refractivity contribution in [1.29, 1.82) is 0 Å². The first-order chi connectivity index (χ1) is 34.9. The van der Waals surface area contributed by atoms with Gasteiger partial charge in [-0.25, -0.2) is 0 Å². The van der Waals surface area contributed by atoms with Crippen LogP contribution in [0.15, 0.2) is 60.7 Å². The van der Waals surface area contributed by atoms with Gasteiger partial charge in [0.25, 0.3) is 0 Å². The highest BCUT2D eigenvalue weighted by Crippen LogP contribution is 2.71. The summed E-state index contributed by atoms with van der Waals surface area (Å²) in [6.45, 7) is 46.1. The molecule has 75 heavy (non-hydrogen) atoms. The average molecular weight is 998 g/mol. The molecule has 0 unspecified atom stereocenters. The molecule has 4 bridgehead atoms. The van der Waals surface area contributed by atoms with Gasteiger partial charge in [0.2, 0.25) is 0 Å². The Morgan fingerprint density at radius 1 is 0.427 bits per heavy atom. The van der Waals surface area contributed by atoms with Gasteiger partial charge in [0.05, 0.1) is 16.6 Å². The van der Waals surface area contributed by atoms with E-state index in [1.165, 1.54) is 88.3 Å². The number of nitrogens with zero attached hydrogens (tertiary/aromatic N) is 1. The third kappa shape index (κ3) is 5.56. The highest BCUT2D eigenvalue weighted by atomic mass is 16.1.